The molecule has 1 unspecified atom stereocenters. The summed E-state index contributed by atoms with van der Waals surface area (Å²) in [5, 5.41) is 5.59. The van der Waals surface area contributed by atoms with Crippen molar-refractivity contribution in [1.82, 2.24) is 10.6 Å². The number of aryl methyl sites for hydroxylation is 1. The molecule has 1 aromatic carbocycles. The minimum Gasteiger partial charge on any atom is -0.465 e. The van der Waals surface area contributed by atoms with E-state index in [4.69, 9.17) is 4.42 Å². The standard InChI is InChI=1S/C20H24N2O3/c1-4-7-15(3)21-20(24)18(13-17-10-6-11-25-17)22-19(23)16-9-5-8-14(2)12-16/h5-6,8-13,15H,4,7H2,1-3H3,(H,21,24)(H,22,23)/b18-13-. The third-order valence-corrected chi connectivity index (χ3v) is 3.70. The van der Waals surface area contributed by atoms with Crippen LogP contribution in [0.15, 0.2) is 52.8 Å². The van der Waals surface area contributed by atoms with Gasteiger partial charge < -0.3 is 15.1 Å². The fourth-order valence-corrected chi connectivity index (χ4v) is 2.46. The first kappa shape index (κ1) is 18.5. The van der Waals surface area contributed by atoms with Gasteiger partial charge in [-0.05, 0) is 44.5 Å². The zero-order valence-electron chi connectivity index (χ0n) is 14.8. The second-order valence-electron chi connectivity index (χ2n) is 6.06. The fraction of sp³-hybridized carbons (Fsp3) is 0.300. The third-order valence-electron chi connectivity index (χ3n) is 3.70. The molecule has 2 amide bonds. The fourth-order valence-electron chi connectivity index (χ4n) is 2.46. The second-order valence-corrected chi connectivity index (χ2v) is 6.06. The maximum Gasteiger partial charge on any atom is 0.268 e. The van der Waals surface area contributed by atoms with Crippen LogP contribution in [-0.4, -0.2) is 17.9 Å². The van der Waals surface area contributed by atoms with Gasteiger partial charge in [0.15, 0.2) is 0 Å². The van der Waals surface area contributed by atoms with Gasteiger partial charge in [-0.25, -0.2) is 0 Å². The van der Waals surface area contributed by atoms with Gasteiger partial charge in [0.1, 0.15) is 11.5 Å². The number of hydrogen-bond donors (Lipinski definition) is 2. The van der Waals surface area contributed by atoms with E-state index in [1.807, 2.05) is 26.0 Å². The highest BCUT2D eigenvalue weighted by atomic mass is 16.3. The van der Waals surface area contributed by atoms with Crippen molar-refractivity contribution in [3.05, 3.63) is 65.2 Å². The van der Waals surface area contributed by atoms with Crippen molar-refractivity contribution in [2.24, 2.45) is 0 Å². The lowest BCUT2D eigenvalue weighted by molar-refractivity contribution is -0.118. The van der Waals surface area contributed by atoms with Crippen molar-refractivity contribution < 1.29 is 14.0 Å². The van der Waals surface area contributed by atoms with Crippen molar-refractivity contribution >= 4 is 17.9 Å². The summed E-state index contributed by atoms with van der Waals surface area (Å²) < 4.78 is 5.27. The van der Waals surface area contributed by atoms with E-state index < -0.39 is 0 Å². The van der Waals surface area contributed by atoms with Crippen LogP contribution in [0.5, 0.6) is 0 Å². The molecule has 25 heavy (non-hydrogen) atoms. The molecule has 0 aliphatic rings. The first-order valence-electron chi connectivity index (χ1n) is 8.43. The second kappa shape index (κ2) is 8.87. The molecule has 1 aromatic heterocycles. The van der Waals surface area contributed by atoms with Crippen LogP contribution in [0.4, 0.5) is 0 Å². The monoisotopic (exact) mass is 340 g/mol. The highest BCUT2D eigenvalue weighted by molar-refractivity contribution is 6.05. The molecule has 0 radical (unpaired) electrons. The van der Waals surface area contributed by atoms with Crippen molar-refractivity contribution in [3.8, 4) is 0 Å². The summed E-state index contributed by atoms with van der Waals surface area (Å²) in [6.45, 7) is 5.91. The van der Waals surface area contributed by atoms with E-state index in [0.717, 1.165) is 18.4 Å². The number of benzene rings is 1. The Bertz CT molecular complexity index is 748. The zero-order valence-corrected chi connectivity index (χ0v) is 14.8. The van der Waals surface area contributed by atoms with E-state index in [-0.39, 0.29) is 23.6 Å². The topological polar surface area (TPSA) is 71.3 Å². The molecule has 0 aliphatic heterocycles. The minimum absolute atomic E-state index is 0.0216. The molecule has 0 saturated carbocycles. The smallest absolute Gasteiger partial charge is 0.268 e. The van der Waals surface area contributed by atoms with Crippen LogP contribution in [0.25, 0.3) is 6.08 Å². The number of hydrogen-bond acceptors (Lipinski definition) is 3. The van der Waals surface area contributed by atoms with Crippen LogP contribution in [0, 0.1) is 6.92 Å². The van der Waals surface area contributed by atoms with E-state index >= 15 is 0 Å². The average Bonchev–Trinajstić information content (AvgIpc) is 3.07. The third kappa shape index (κ3) is 5.64. The van der Waals surface area contributed by atoms with Crippen molar-refractivity contribution in [2.45, 2.75) is 39.7 Å². The Morgan fingerprint density at radius 1 is 1.24 bits per heavy atom. The van der Waals surface area contributed by atoms with Crippen LogP contribution < -0.4 is 10.6 Å². The van der Waals surface area contributed by atoms with E-state index in [0.29, 0.717) is 11.3 Å². The van der Waals surface area contributed by atoms with Gasteiger partial charge >= 0.3 is 0 Å². The number of carbonyl (C=O) groups is 2. The number of nitrogens with one attached hydrogen (secondary N) is 2. The van der Waals surface area contributed by atoms with E-state index in [1.54, 1.807) is 24.3 Å². The van der Waals surface area contributed by atoms with Crippen LogP contribution in [-0.2, 0) is 4.79 Å². The van der Waals surface area contributed by atoms with Crippen LogP contribution in [0.3, 0.4) is 0 Å². The highest BCUT2D eigenvalue weighted by Crippen LogP contribution is 2.09. The van der Waals surface area contributed by atoms with Gasteiger partial charge in [-0.15, -0.1) is 0 Å². The molecule has 2 N–H and O–H groups in total. The molecule has 5 heteroatoms. The molecule has 2 aromatic rings. The highest BCUT2D eigenvalue weighted by Gasteiger charge is 2.17. The van der Waals surface area contributed by atoms with E-state index in [2.05, 4.69) is 17.6 Å². The lowest BCUT2D eigenvalue weighted by Crippen LogP contribution is -2.39. The summed E-state index contributed by atoms with van der Waals surface area (Å²) in [5.74, 6) is -0.170. The molecule has 2 rings (SSSR count). The van der Waals surface area contributed by atoms with E-state index in [9.17, 15) is 9.59 Å². The molecule has 0 aliphatic carbocycles. The SMILES string of the molecule is CCCC(C)NC(=O)/C(=C/c1ccco1)NC(=O)c1cccc(C)c1. The molecule has 0 fully saturated rings. The van der Waals surface area contributed by atoms with Gasteiger partial charge in [0.25, 0.3) is 11.8 Å². The van der Waals surface area contributed by atoms with Gasteiger partial charge in [-0.2, -0.15) is 0 Å². The molecular weight excluding hydrogens is 316 g/mol. The Labute approximate surface area is 148 Å². The number of furan rings is 1. The predicted octanol–water partition coefficient (Wildman–Crippen LogP) is 3.66. The molecule has 0 bridgehead atoms. The Kier molecular flexibility index (Phi) is 6.57. The predicted molar refractivity (Wildman–Crippen MR) is 97.8 cm³/mol. The summed E-state index contributed by atoms with van der Waals surface area (Å²) in [5.41, 5.74) is 1.63. The number of rotatable bonds is 7. The van der Waals surface area contributed by atoms with Gasteiger partial charge in [0.2, 0.25) is 0 Å². The van der Waals surface area contributed by atoms with Gasteiger partial charge in [0.05, 0.1) is 6.26 Å². The summed E-state index contributed by atoms with van der Waals surface area (Å²) in [6, 6.07) is 10.7. The quantitative estimate of drug-likeness (QED) is 0.756. The van der Waals surface area contributed by atoms with Crippen molar-refractivity contribution in [3.63, 3.8) is 0 Å². The number of carbonyl (C=O) groups excluding carboxylic acids is 2. The Morgan fingerprint density at radius 3 is 2.68 bits per heavy atom. The molecule has 132 valence electrons. The Balaban J connectivity index is 2.20. The summed E-state index contributed by atoms with van der Waals surface area (Å²) in [4.78, 5) is 25.0. The van der Waals surface area contributed by atoms with Crippen LogP contribution in [0.2, 0.25) is 0 Å². The Morgan fingerprint density at radius 2 is 2.04 bits per heavy atom. The molecular formula is C20H24N2O3. The maximum atomic E-state index is 12.6. The lowest BCUT2D eigenvalue weighted by atomic mass is 10.1. The minimum atomic E-state index is -0.335. The lowest BCUT2D eigenvalue weighted by Gasteiger charge is -2.15. The van der Waals surface area contributed by atoms with Crippen LogP contribution in [0.1, 0.15) is 48.4 Å². The van der Waals surface area contributed by atoms with Gasteiger partial charge in [-0.3, -0.25) is 9.59 Å². The first-order valence-corrected chi connectivity index (χ1v) is 8.43. The molecule has 1 heterocycles. The molecule has 0 spiro atoms. The summed E-state index contributed by atoms with van der Waals surface area (Å²) >= 11 is 0. The van der Waals surface area contributed by atoms with E-state index in [1.165, 1.54) is 12.3 Å². The molecule has 1 atom stereocenters. The summed E-state index contributed by atoms with van der Waals surface area (Å²) in [7, 11) is 0. The van der Waals surface area contributed by atoms with Gasteiger partial charge in [0, 0.05) is 17.7 Å². The Hall–Kier alpha value is -2.82. The van der Waals surface area contributed by atoms with Crippen molar-refractivity contribution in [2.75, 3.05) is 0 Å². The molecule has 0 saturated heterocycles. The average molecular weight is 340 g/mol. The van der Waals surface area contributed by atoms with Crippen LogP contribution >= 0.6 is 0 Å². The first-order chi connectivity index (χ1) is 12.0. The van der Waals surface area contributed by atoms with Crippen molar-refractivity contribution in [1.29, 1.82) is 0 Å². The largest absolute Gasteiger partial charge is 0.465 e. The maximum absolute atomic E-state index is 12.6. The number of amides is 2. The normalized spacial score (nSPS) is 12.5. The van der Waals surface area contributed by atoms with Gasteiger partial charge in [-0.1, -0.05) is 31.0 Å². The molecule has 5 nitrogen and oxygen atoms in total. The zero-order chi connectivity index (χ0) is 18.2. The summed E-state index contributed by atoms with van der Waals surface area (Å²) in [6.07, 6.45) is 4.88.